The molecule has 0 spiro atoms. The third kappa shape index (κ3) is 1.41. The van der Waals surface area contributed by atoms with Crippen molar-refractivity contribution >= 4 is 27.6 Å². The fraction of sp³-hybridized carbons (Fsp3) is 0.0769. The van der Waals surface area contributed by atoms with Crippen LogP contribution in [0.3, 0.4) is 0 Å². The molecule has 3 rings (SSSR count). The van der Waals surface area contributed by atoms with Gasteiger partial charge < -0.3 is 9.15 Å². The van der Waals surface area contributed by atoms with Crippen molar-refractivity contribution in [1.29, 1.82) is 0 Å². The van der Waals surface area contributed by atoms with E-state index < -0.39 is 4.92 Å². The standard InChI is InChI=1S/C13H9NO4/c1-17-13-6-9-8-4-2-3-5-11(8)18-12(9)7-10(13)14(15)16/h2-7H,1H3. The van der Waals surface area contributed by atoms with Crippen molar-refractivity contribution in [2.45, 2.75) is 0 Å². The van der Waals surface area contributed by atoms with Crippen LogP contribution < -0.4 is 4.74 Å². The van der Waals surface area contributed by atoms with Crippen LogP contribution in [0.15, 0.2) is 40.8 Å². The highest BCUT2D eigenvalue weighted by molar-refractivity contribution is 6.06. The maximum Gasteiger partial charge on any atom is 0.314 e. The number of fused-ring (bicyclic) bond motifs is 3. The third-order valence-electron chi connectivity index (χ3n) is 2.87. The summed E-state index contributed by atoms with van der Waals surface area (Å²) in [5.74, 6) is 0.235. The summed E-state index contributed by atoms with van der Waals surface area (Å²) in [7, 11) is 1.41. The number of ether oxygens (including phenoxy) is 1. The molecule has 0 atom stereocenters. The van der Waals surface area contributed by atoms with E-state index >= 15 is 0 Å². The lowest BCUT2D eigenvalue weighted by atomic mass is 10.1. The summed E-state index contributed by atoms with van der Waals surface area (Å²) in [4.78, 5) is 10.4. The van der Waals surface area contributed by atoms with E-state index in [1.165, 1.54) is 13.2 Å². The number of nitro groups is 1. The van der Waals surface area contributed by atoms with Gasteiger partial charge in [0.15, 0.2) is 5.75 Å². The van der Waals surface area contributed by atoms with E-state index in [0.29, 0.717) is 11.2 Å². The Kier molecular flexibility index (Phi) is 2.19. The van der Waals surface area contributed by atoms with Crippen LogP contribution in [0.2, 0.25) is 0 Å². The Morgan fingerprint density at radius 2 is 1.94 bits per heavy atom. The van der Waals surface area contributed by atoms with Gasteiger partial charge in [-0.25, -0.2) is 0 Å². The maximum atomic E-state index is 10.9. The van der Waals surface area contributed by atoms with Gasteiger partial charge in [0, 0.05) is 10.8 Å². The molecule has 0 saturated heterocycles. The topological polar surface area (TPSA) is 65.5 Å². The minimum atomic E-state index is -0.481. The molecule has 0 saturated carbocycles. The van der Waals surface area contributed by atoms with E-state index in [9.17, 15) is 10.1 Å². The summed E-state index contributed by atoms with van der Waals surface area (Å²) in [5.41, 5.74) is 1.10. The summed E-state index contributed by atoms with van der Waals surface area (Å²) in [6.45, 7) is 0. The molecule has 18 heavy (non-hydrogen) atoms. The average molecular weight is 243 g/mol. The van der Waals surface area contributed by atoms with E-state index in [4.69, 9.17) is 9.15 Å². The Labute approximate surface area is 102 Å². The van der Waals surface area contributed by atoms with Crippen LogP contribution in [-0.4, -0.2) is 12.0 Å². The largest absolute Gasteiger partial charge is 0.490 e. The second kappa shape index (κ2) is 3.73. The lowest BCUT2D eigenvalue weighted by Crippen LogP contribution is -1.93. The van der Waals surface area contributed by atoms with Crippen LogP contribution in [0.5, 0.6) is 5.75 Å². The highest BCUT2D eigenvalue weighted by Crippen LogP contribution is 2.37. The van der Waals surface area contributed by atoms with Crippen molar-refractivity contribution < 1.29 is 14.1 Å². The molecule has 0 unspecified atom stereocenters. The van der Waals surface area contributed by atoms with Gasteiger partial charge in [-0.2, -0.15) is 0 Å². The predicted molar refractivity (Wildman–Crippen MR) is 66.9 cm³/mol. The SMILES string of the molecule is COc1cc2c(cc1[N+](=O)[O-])oc1ccccc12. The Morgan fingerprint density at radius 3 is 2.67 bits per heavy atom. The zero-order valence-electron chi connectivity index (χ0n) is 9.54. The highest BCUT2D eigenvalue weighted by atomic mass is 16.6. The number of nitro benzene ring substituents is 1. The molecule has 0 bridgehead atoms. The van der Waals surface area contributed by atoms with E-state index in [2.05, 4.69) is 0 Å². The summed E-state index contributed by atoms with van der Waals surface area (Å²) in [6.07, 6.45) is 0. The number of furan rings is 1. The monoisotopic (exact) mass is 243 g/mol. The summed E-state index contributed by atoms with van der Waals surface area (Å²) >= 11 is 0. The Bertz CT molecular complexity index is 760. The molecule has 0 aliphatic carbocycles. The second-order valence-corrected chi connectivity index (χ2v) is 3.88. The summed E-state index contributed by atoms with van der Waals surface area (Å²) in [6, 6.07) is 10.5. The molecule has 0 aliphatic heterocycles. The molecule has 0 aliphatic rings. The van der Waals surface area contributed by atoms with Crippen molar-refractivity contribution in [1.82, 2.24) is 0 Å². The van der Waals surface area contributed by atoms with Crippen molar-refractivity contribution in [3.63, 3.8) is 0 Å². The van der Waals surface area contributed by atoms with Crippen molar-refractivity contribution in [2.24, 2.45) is 0 Å². The van der Waals surface area contributed by atoms with Gasteiger partial charge in [-0.15, -0.1) is 0 Å². The fourth-order valence-corrected chi connectivity index (χ4v) is 2.05. The van der Waals surface area contributed by atoms with Crippen LogP contribution in [0, 0.1) is 10.1 Å². The summed E-state index contributed by atoms with van der Waals surface area (Å²) < 4.78 is 10.6. The normalized spacial score (nSPS) is 10.9. The smallest absolute Gasteiger partial charge is 0.314 e. The lowest BCUT2D eigenvalue weighted by Gasteiger charge is -2.00. The molecule has 0 N–H and O–H groups in total. The lowest BCUT2D eigenvalue weighted by molar-refractivity contribution is -0.385. The van der Waals surface area contributed by atoms with Gasteiger partial charge in [0.25, 0.3) is 0 Å². The van der Waals surface area contributed by atoms with Crippen molar-refractivity contribution in [2.75, 3.05) is 7.11 Å². The maximum absolute atomic E-state index is 10.9. The molecule has 1 heterocycles. The number of para-hydroxylation sites is 1. The molecule has 5 heteroatoms. The minimum Gasteiger partial charge on any atom is -0.490 e. The van der Waals surface area contributed by atoms with Crippen molar-refractivity contribution in [3.8, 4) is 5.75 Å². The molecule has 3 aromatic rings. The van der Waals surface area contributed by atoms with E-state index in [-0.39, 0.29) is 11.4 Å². The van der Waals surface area contributed by atoms with Crippen LogP contribution >= 0.6 is 0 Å². The Balaban J connectivity index is 2.43. The zero-order valence-corrected chi connectivity index (χ0v) is 9.54. The Hall–Kier alpha value is -2.56. The first-order valence-electron chi connectivity index (χ1n) is 5.34. The van der Waals surface area contributed by atoms with Gasteiger partial charge in [-0.3, -0.25) is 10.1 Å². The number of benzene rings is 2. The predicted octanol–water partition coefficient (Wildman–Crippen LogP) is 3.50. The van der Waals surface area contributed by atoms with E-state index in [1.54, 1.807) is 6.07 Å². The van der Waals surface area contributed by atoms with E-state index in [1.807, 2.05) is 24.3 Å². The van der Waals surface area contributed by atoms with E-state index in [0.717, 1.165) is 10.8 Å². The number of hydrogen-bond donors (Lipinski definition) is 0. The second-order valence-electron chi connectivity index (χ2n) is 3.88. The first-order valence-corrected chi connectivity index (χ1v) is 5.34. The molecule has 90 valence electrons. The van der Waals surface area contributed by atoms with Crippen LogP contribution in [-0.2, 0) is 0 Å². The highest BCUT2D eigenvalue weighted by Gasteiger charge is 2.19. The van der Waals surface area contributed by atoms with Gasteiger partial charge in [0.2, 0.25) is 0 Å². The number of nitrogens with zero attached hydrogens (tertiary/aromatic N) is 1. The summed E-state index contributed by atoms with van der Waals surface area (Å²) in [5, 5.41) is 12.7. The van der Waals surface area contributed by atoms with Gasteiger partial charge in [0.1, 0.15) is 11.2 Å². The van der Waals surface area contributed by atoms with Crippen molar-refractivity contribution in [3.05, 3.63) is 46.5 Å². The molecular weight excluding hydrogens is 234 g/mol. The number of hydrogen-bond acceptors (Lipinski definition) is 4. The quantitative estimate of drug-likeness (QED) is 0.510. The van der Waals surface area contributed by atoms with Gasteiger partial charge >= 0.3 is 5.69 Å². The van der Waals surface area contributed by atoms with Gasteiger partial charge in [-0.1, -0.05) is 18.2 Å². The molecule has 2 aromatic carbocycles. The zero-order chi connectivity index (χ0) is 12.7. The Morgan fingerprint density at radius 1 is 1.17 bits per heavy atom. The third-order valence-corrected chi connectivity index (χ3v) is 2.87. The number of methoxy groups -OCH3 is 1. The average Bonchev–Trinajstić information content (AvgIpc) is 2.74. The molecule has 1 aromatic heterocycles. The molecule has 0 fully saturated rings. The number of rotatable bonds is 2. The fourth-order valence-electron chi connectivity index (χ4n) is 2.05. The first-order chi connectivity index (χ1) is 8.70. The minimum absolute atomic E-state index is 0.0935. The molecule has 5 nitrogen and oxygen atoms in total. The molecule has 0 radical (unpaired) electrons. The van der Waals surface area contributed by atoms with Crippen LogP contribution in [0.25, 0.3) is 21.9 Å². The van der Waals surface area contributed by atoms with Gasteiger partial charge in [-0.05, 0) is 12.1 Å². The first kappa shape index (κ1) is 10.6. The van der Waals surface area contributed by atoms with Crippen LogP contribution in [0.4, 0.5) is 5.69 Å². The van der Waals surface area contributed by atoms with Gasteiger partial charge in [0.05, 0.1) is 18.1 Å². The van der Waals surface area contributed by atoms with Crippen LogP contribution in [0.1, 0.15) is 0 Å². The molecular formula is C13H9NO4. The molecule has 0 amide bonds.